The van der Waals surface area contributed by atoms with Gasteiger partial charge in [0.1, 0.15) is 0 Å². The molecule has 2 rings (SSSR count). The molecule has 6 heteroatoms. The van der Waals surface area contributed by atoms with Gasteiger partial charge in [-0.05, 0) is 50.3 Å². The van der Waals surface area contributed by atoms with E-state index in [1.54, 1.807) is 19.1 Å². The van der Waals surface area contributed by atoms with Gasteiger partial charge in [-0.25, -0.2) is 13.1 Å². The molecule has 1 aliphatic rings. The Morgan fingerprint density at radius 2 is 1.90 bits per heavy atom. The van der Waals surface area contributed by atoms with Gasteiger partial charge in [0.2, 0.25) is 10.0 Å². The Kier molecular flexibility index (Phi) is 5.33. The summed E-state index contributed by atoms with van der Waals surface area (Å²) in [4.78, 5) is 0.261. The number of sulfonamides is 1. The van der Waals surface area contributed by atoms with Gasteiger partial charge in [-0.2, -0.15) is 0 Å². The van der Waals surface area contributed by atoms with Gasteiger partial charge in [0.25, 0.3) is 0 Å². The van der Waals surface area contributed by atoms with Crippen molar-refractivity contribution in [1.29, 1.82) is 0 Å². The molecule has 4 nitrogen and oxygen atoms in total. The molecule has 1 aliphatic carbocycles. The van der Waals surface area contributed by atoms with Crippen LogP contribution in [0.2, 0.25) is 0 Å². The van der Waals surface area contributed by atoms with Gasteiger partial charge in [0.05, 0.1) is 4.90 Å². The fraction of sp³-hybridized carbons (Fsp3) is 0.600. The van der Waals surface area contributed by atoms with Gasteiger partial charge in [0.15, 0.2) is 0 Å². The maximum atomic E-state index is 12.6. The average Bonchev–Trinajstić information content (AvgIpc) is 2.43. The molecule has 0 aliphatic heterocycles. The second-order valence-electron chi connectivity index (χ2n) is 5.93. The molecule has 0 spiro atoms. The van der Waals surface area contributed by atoms with Crippen molar-refractivity contribution in [3.05, 3.63) is 22.2 Å². The summed E-state index contributed by atoms with van der Waals surface area (Å²) < 4.78 is 28.8. The highest BCUT2D eigenvalue weighted by Gasteiger charge is 2.26. The molecule has 1 atom stereocenters. The van der Waals surface area contributed by atoms with E-state index in [2.05, 4.69) is 20.7 Å². The lowest BCUT2D eigenvalue weighted by Gasteiger charge is -2.28. The molecule has 1 saturated carbocycles. The number of nitrogen functional groups attached to an aromatic ring is 1. The molecule has 0 radical (unpaired) electrons. The Labute approximate surface area is 135 Å². The van der Waals surface area contributed by atoms with Gasteiger partial charge in [-0.1, -0.05) is 35.2 Å². The second kappa shape index (κ2) is 6.67. The van der Waals surface area contributed by atoms with Crippen LogP contribution in [-0.2, 0) is 10.0 Å². The van der Waals surface area contributed by atoms with Crippen LogP contribution < -0.4 is 10.5 Å². The second-order valence-corrected chi connectivity index (χ2v) is 8.52. The number of hydrogen-bond donors (Lipinski definition) is 2. The highest BCUT2D eigenvalue weighted by atomic mass is 79.9. The molecule has 0 amide bonds. The van der Waals surface area contributed by atoms with E-state index in [0.717, 1.165) is 12.8 Å². The summed E-state index contributed by atoms with van der Waals surface area (Å²) in [5.41, 5.74) is 6.95. The fourth-order valence-electron chi connectivity index (χ4n) is 2.99. The largest absolute Gasteiger partial charge is 0.398 e. The Balaban J connectivity index is 2.22. The van der Waals surface area contributed by atoms with Crippen LogP contribution in [-0.4, -0.2) is 14.5 Å². The van der Waals surface area contributed by atoms with Crippen LogP contribution in [0, 0.1) is 12.8 Å². The Morgan fingerprint density at radius 3 is 2.52 bits per heavy atom. The van der Waals surface area contributed by atoms with E-state index < -0.39 is 10.0 Å². The monoisotopic (exact) mass is 374 g/mol. The van der Waals surface area contributed by atoms with E-state index >= 15 is 0 Å². The van der Waals surface area contributed by atoms with Gasteiger partial charge >= 0.3 is 0 Å². The van der Waals surface area contributed by atoms with Crippen molar-refractivity contribution in [1.82, 2.24) is 4.72 Å². The van der Waals surface area contributed by atoms with Crippen LogP contribution in [0.25, 0.3) is 0 Å². The quantitative estimate of drug-likeness (QED) is 0.790. The van der Waals surface area contributed by atoms with Crippen molar-refractivity contribution in [3.63, 3.8) is 0 Å². The van der Waals surface area contributed by atoms with Gasteiger partial charge in [0, 0.05) is 16.2 Å². The minimum atomic E-state index is -3.54. The normalized spacial score (nSPS) is 18.6. The summed E-state index contributed by atoms with van der Waals surface area (Å²) in [6.07, 6.45) is 5.85. The molecular formula is C15H23BrN2O2S. The first-order valence-corrected chi connectivity index (χ1v) is 9.67. The number of rotatable bonds is 4. The van der Waals surface area contributed by atoms with Crippen LogP contribution in [0.3, 0.4) is 0 Å². The zero-order valence-electron chi connectivity index (χ0n) is 12.5. The molecule has 0 bridgehead atoms. The van der Waals surface area contributed by atoms with Crippen molar-refractivity contribution in [2.45, 2.75) is 56.9 Å². The van der Waals surface area contributed by atoms with E-state index in [9.17, 15) is 8.42 Å². The molecule has 0 aromatic heterocycles. The number of nitrogens with one attached hydrogen (secondary N) is 1. The first-order chi connectivity index (χ1) is 9.81. The van der Waals surface area contributed by atoms with Crippen LogP contribution >= 0.6 is 15.9 Å². The molecule has 21 heavy (non-hydrogen) atoms. The zero-order chi connectivity index (χ0) is 15.6. The SMILES string of the molecule is Cc1c(N)cc(Br)cc1S(=O)(=O)NC(C)C1CCCCC1. The summed E-state index contributed by atoms with van der Waals surface area (Å²) in [7, 11) is -3.54. The summed E-state index contributed by atoms with van der Waals surface area (Å²) >= 11 is 3.31. The predicted octanol–water partition coefficient (Wildman–Crippen LogP) is 3.59. The maximum Gasteiger partial charge on any atom is 0.241 e. The van der Waals surface area contributed by atoms with Gasteiger partial charge < -0.3 is 5.73 Å². The van der Waals surface area contributed by atoms with Crippen LogP contribution in [0.5, 0.6) is 0 Å². The minimum absolute atomic E-state index is 0.0464. The smallest absolute Gasteiger partial charge is 0.241 e. The lowest BCUT2D eigenvalue weighted by atomic mass is 9.85. The lowest BCUT2D eigenvalue weighted by molar-refractivity contribution is 0.303. The van der Waals surface area contributed by atoms with Crippen molar-refractivity contribution >= 4 is 31.6 Å². The molecule has 1 fully saturated rings. The molecule has 3 N–H and O–H groups in total. The Bertz CT molecular complexity index is 610. The molecule has 1 aromatic rings. The first kappa shape index (κ1) is 16.8. The van der Waals surface area contributed by atoms with E-state index in [1.165, 1.54) is 19.3 Å². The van der Waals surface area contributed by atoms with Crippen molar-refractivity contribution in [2.24, 2.45) is 5.92 Å². The van der Waals surface area contributed by atoms with Crippen LogP contribution in [0.15, 0.2) is 21.5 Å². The Hall–Kier alpha value is -0.590. The number of hydrogen-bond acceptors (Lipinski definition) is 3. The molecule has 0 saturated heterocycles. The summed E-state index contributed by atoms with van der Waals surface area (Å²) in [6.45, 7) is 3.70. The van der Waals surface area contributed by atoms with E-state index in [-0.39, 0.29) is 10.9 Å². The summed E-state index contributed by atoms with van der Waals surface area (Å²) in [5.74, 6) is 0.429. The standard InChI is InChI=1S/C15H23BrN2O2S/c1-10-14(17)8-13(16)9-15(10)21(19,20)18-11(2)12-6-4-3-5-7-12/h8-9,11-12,18H,3-7,17H2,1-2H3. The first-order valence-electron chi connectivity index (χ1n) is 7.39. The lowest BCUT2D eigenvalue weighted by Crippen LogP contribution is -2.39. The maximum absolute atomic E-state index is 12.6. The molecule has 118 valence electrons. The number of anilines is 1. The van der Waals surface area contributed by atoms with E-state index in [1.807, 2.05) is 6.92 Å². The third-order valence-electron chi connectivity index (χ3n) is 4.35. The molecular weight excluding hydrogens is 352 g/mol. The van der Waals surface area contributed by atoms with E-state index in [4.69, 9.17) is 5.73 Å². The highest BCUT2D eigenvalue weighted by Crippen LogP contribution is 2.29. The zero-order valence-corrected chi connectivity index (χ0v) is 14.9. The van der Waals surface area contributed by atoms with E-state index in [0.29, 0.717) is 21.6 Å². The molecule has 1 aromatic carbocycles. The predicted molar refractivity (Wildman–Crippen MR) is 89.6 cm³/mol. The third kappa shape index (κ3) is 3.99. The number of benzene rings is 1. The minimum Gasteiger partial charge on any atom is -0.398 e. The number of nitrogens with two attached hydrogens (primary N) is 1. The van der Waals surface area contributed by atoms with Crippen LogP contribution in [0.4, 0.5) is 5.69 Å². The summed E-state index contributed by atoms with van der Waals surface area (Å²) in [6, 6.07) is 3.29. The highest BCUT2D eigenvalue weighted by molar-refractivity contribution is 9.10. The average molecular weight is 375 g/mol. The topological polar surface area (TPSA) is 72.2 Å². The number of halogens is 1. The molecule has 1 unspecified atom stereocenters. The summed E-state index contributed by atoms with van der Waals surface area (Å²) in [5, 5.41) is 0. The van der Waals surface area contributed by atoms with Crippen molar-refractivity contribution in [3.8, 4) is 0 Å². The van der Waals surface area contributed by atoms with Gasteiger partial charge in [-0.3, -0.25) is 0 Å². The van der Waals surface area contributed by atoms with Gasteiger partial charge in [-0.15, -0.1) is 0 Å². The van der Waals surface area contributed by atoms with Crippen LogP contribution in [0.1, 0.15) is 44.6 Å². The Morgan fingerprint density at radius 1 is 1.29 bits per heavy atom. The van der Waals surface area contributed by atoms with Crippen molar-refractivity contribution in [2.75, 3.05) is 5.73 Å². The fourth-order valence-corrected chi connectivity index (χ4v) is 5.23. The molecule has 0 heterocycles. The third-order valence-corrected chi connectivity index (χ3v) is 6.50. The van der Waals surface area contributed by atoms with Crippen molar-refractivity contribution < 1.29 is 8.42 Å².